The van der Waals surface area contributed by atoms with E-state index >= 15 is 0 Å². The maximum atomic E-state index is 2.66. The summed E-state index contributed by atoms with van der Waals surface area (Å²) in [4.78, 5) is 2.65. The largest absolute Gasteiger partial charge is 0.310 e. The summed E-state index contributed by atoms with van der Waals surface area (Å²) >= 11 is 0. The summed E-state index contributed by atoms with van der Waals surface area (Å²) in [6.45, 7) is 19.7. The number of hydrogen-bond acceptors (Lipinski definition) is 1. The van der Waals surface area contributed by atoms with Crippen LogP contribution in [0.25, 0.3) is 66.1 Å². The van der Waals surface area contributed by atoms with Crippen molar-refractivity contribution in [2.24, 2.45) is 0 Å². The number of anilines is 3. The third-order valence-corrected chi connectivity index (χ3v) is 18.8. The second-order valence-electron chi connectivity index (χ2n) is 24.9. The lowest BCUT2D eigenvalue weighted by Crippen LogP contribution is -2.34. The van der Waals surface area contributed by atoms with Crippen LogP contribution in [0.4, 0.5) is 17.1 Å². The Kier molecular flexibility index (Phi) is 9.62. The number of hydrogen-bond donors (Lipinski definition) is 0. The van der Waals surface area contributed by atoms with Crippen molar-refractivity contribution in [1.29, 1.82) is 0 Å². The zero-order valence-corrected chi connectivity index (χ0v) is 44.3. The number of nitrogens with zero attached hydrogens (tertiary/aromatic N) is 1. The van der Waals surface area contributed by atoms with E-state index in [4.69, 9.17) is 0 Å². The molecule has 0 radical (unpaired) electrons. The third kappa shape index (κ3) is 6.35. The van der Waals surface area contributed by atoms with Crippen molar-refractivity contribution in [3.63, 3.8) is 0 Å². The van der Waals surface area contributed by atoms with Gasteiger partial charge in [-0.2, -0.15) is 0 Å². The van der Waals surface area contributed by atoms with Crippen molar-refractivity contribution in [2.75, 3.05) is 4.90 Å². The molecule has 362 valence electrons. The van der Waals surface area contributed by atoms with Crippen molar-refractivity contribution in [2.45, 2.75) is 108 Å². The highest BCUT2D eigenvalue weighted by molar-refractivity contribution is 6.14. The Morgan fingerprint density at radius 3 is 1.46 bits per heavy atom. The maximum absolute atomic E-state index is 2.66. The Morgan fingerprint density at radius 2 is 0.797 bits per heavy atom. The van der Waals surface area contributed by atoms with Crippen molar-refractivity contribution < 1.29 is 0 Å². The first-order chi connectivity index (χ1) is 35.7. The molecular weight excluding hydrogens is 891 g/mol. The van der Waals surface area contributed by atoms with Gasteiger partial charge in [0.2, 0.25) is 0 Å². The van der Waals surface area contributed by atoms with E-state index in [0.717, 1.165) is 24.9 Å². The summed E-state index contributed by atoms with van der Waals surface area (Å²) in [5.74, 6) is 0. The molecule has 0 amide bonds. The van der Waals surface area contributed by atoms with E-state index in [0.29, 0.717) is 0 Å². The van der Waals surface area contributed by atoms with E-state index in [1.54, 1.807) is 0 Å². The Labute approximate surface area is 438 Å². The van der Waals surface area contributed by atoms with Gasteiger partial charge >= 0.3 is 0 Å². The van der Waals surface area contributed by atoms with Crippen LogP contribution in [0.5, 0.6) is 0 Å². The van der Waals surface area contributed by atoms with E-state index in [1.165, 1.54) is 128 Å². The normalized spacial score (nSPS) is 17.5. The quantitative estimate of drug-likeness (QED) is 0.155. The third-order valence-electron chi connectivity index (χ3n) is 18.8. The molecule has 0 saturated heterocycles. The Balaban J connectivity index is 1.10. The second kappa shape index (κ2) is 15.8. The van der Waals surface area contributed by atoms with Crippen LogP contribution in [-0.4, -0.2) is 0 Å². The van der Waals surface area contributed by atoms with Crippen LogP contribution in [0.2, 0.25) is 0 Å². The van der Waals surface area contributed by atoms with Crippen LogP contribution in [0.1, 0.15) is 126 Å². The summed E-state index contributed by atoms with van der Waals surface area (Å²) in [6.07, 6.45) is 4.62. The van der Waals surface area contributed by atoms with E-state index in [-0.39, 0.29) is 21.7 Å². The SMILES string of the molecule is CC1(C)CCC(C)(C)c2cc(N(c3ccc(-c4cc5ccccc5c5ccccc45)cc3)c3cc4c(cc3-c3cccc5c3C(C)(C)CCC5(C)C)-c3ccccc3C43c4ccccc4-c4ccccc43)ccc21. The molecule has 10 aromatic rings. The fraction of sp³-hybridized carbons (Fsp3) is 0.233. The van der Waals surface area contributed by atoms with Crippen molar-refractivity contribution in [3.05, 3.63) is 245 Å². The van der Waals surface area contributed by atoms with E-state index in [9.17, 15) is 0 Å². The van der Waals surface area contributed by atoms with Gasteiger partial charge in [0.15, 0.2) is 0 Å². The fourth-order valence-corrected chi connectivity index (χ4v) is 14.7. The zero-order valence-electron chi connectivity index (χ0n) is 44.3. The fourth-order valence-electron chi connectivity index (χ4n) is 14.7. The molecular formula is C73H65N. The van der Waals surface area contributed by atoms with Gasteiger partial charge in [-0.25, -0.2) is 0 Å². The molecule has 14 rings (SSSR count). The average Bonchev–Trinajstić information content (AvgIpc) is 3.91. The number of fused-ring (bicyclic) bond motifs is 15. The van der Waals surface area contributed by atoms with Crippen molar-refractivity contribution in [3.8, 4) is 44.5 Å². The van der Waals surface area contributed by atoms with Crippen LogP contribution in [0.3, 0.4) is 0 Å². The van der Waals surface area contributed by atoms with E-state index in [1.807, 2.05) is 0 Å². The molecule has 0 fully saturated rings. The molecule has 0 unspecified atom stereocenters. The minimum absolute atomic E-state index is 0.0192. The van der Waals surface area contributed by atoms with Gasteiger partial charge in [-0.1, -0.05) is 213 Å². The minimum Gasteiger partial charge on any atom is -0.310 e. The van der Waals surface area contributed by atoms with Gasteiger partial charge in [0.05, 0.1) is 11.1 Å². The highest BCUT2D eigenvalue weighted by atomic mass is 15.1. The molecule has 0 aromatic heterocycles. The molecule has 0 saturated carbocycles. The van der Waals surface area contributed by atoms with Gasteiger partial charge in [-0.3, -0.25) is 0 Å². The molecule has 1 heteroatoms. The lowest BCUT2D eigenvalue weighted by Gasteiger charge is -2.44. The number of rotatable bonds is 5. The summed E-state index contributed by atoms with van der Waals surface area (Å²) in [6, 6.07) is 77.6. The van der Waals surface area contributed by atoms with Gasteiger partial charge in [-0.05, 0) is 195 Å². The Morgan fingerprint density at radius 1 is 0.297 bits per heavy atom. The first kappa shape index (κ1) is 45.2. The molecule has 1 spiro atoms. The highest BCUT2D eigenvalue weighted by Gasteiger charge is 2.52. The maximum Gasteiger partial charge on any atom is 0.0726 e. The lowest BCUT2D eigenvalue weighted by atomic mass is 9.61. The molecule has 74 heavy (non-hydrogen) atoms. The van der Waals surface area contributed by atoms with Gasteiger partial charge < -0.3 is 4.90 Å². The molecule has 10 aromatic carbocycles. The molecule has 0 atom stereocenters. The summed E-state index contributed by atoms with van der Waals surface area (Å²) < 4.78 is 0. The van der Waals surface area contributed by atoms with Crippen LogP contribution >= 0.6 is 0 Å². The molecule has 0 N–H and O–H groups in total. The second-order valence-corrected chi connectivity index (χ2v) is 24.9. The molecule has 0 bridgehead atoms. The van der Waals surface area contributed by atoms with E-state index < -0.39 is 5.41 Å². The molecule has 4 aliphatic rings. The monoisotopic (exact) mass is 956 g/mol. The predicted octanol–water partition coefficient (Wildman–Crippen LogP) is 19.8. The smallest absolute Gasteiger partial charge is 0.0726 e. The van der Waals surface area contributed by atoms with Crippen LogP contribution in [0.15, 0.2) is 200 Å². The summed E-state index contributed by atoms with van der Waals surface area (Å²) in [5, 5.41) is 5.12. The molecule has 1 nitrogen and oxygen atoms in total. The summed E-state index contributed by atoms with van der Waals surface area (Å²) in [7, 11) is 0. The topological polar surface area (TPSA) is 3.24 Å². The Bertz CT molecular complexity index is 3920. The Hall–Kier alpha value is -7.48. The predicted molar refractivity (Wildman–Crippen MR) is 314 cm³/mol. The highest BCUT2D eigenvalue weighted by Crippen LogP contribution is 2.65. The first-order valence-electron chi connectivity index (χ1n) is 27.3. The van der Waals surface area contributed by atoms with E-state index in [2.05, 4.69) is 260 Å². The van der Waals surface area contributed by atoms with Crippen molar-refractivity contribution >= 4 is 38.6 Å². The zero-order chi connectivity index (χ0) is 50.5. The van der Waals surface area contributed by atoms with Crippen LogP contribution < -0.4 is 4.90 Å². The van der Waals surface area contributed by atoms with Crippen LogP contribution in [-0.2, 0) is 27.1 Å². The molecule has 0 heterocycles. The standard InChI is InChI=1S/C73H65N/c1-69(2)38-39-71(5,6)66-43-49(36-37-63(66)69)74(48-34-32-46(33-35-48)57-42-47-20-9-10-21-50(47)51-22-11-12-23-52(51)57)67-45-65-58(44-59(67)56-27-19-31-64-68(56)72(7,8)41-40-70(64,3)4)55-26-15-18-30-62(55)73(65)60-28-16-13-24-53(60)54-25-14-17-29-61(54)73/h9-37,42-45H,38-41H2,1-8H3. The van der Waals surface area contributed by atoms with Gasteiger partial charge in [-0.15, -0.1) is 0 Å². The summed E-state index contributed by atoms with van der Waals surface area (Å²) in [5.41, 5.74) is 24.9. The lowest BCUT2D eigenvalue weighted by molar-refractivity contribution is 0.332. The minimum atomic E-state index is -0.502. The van der Waals surface area contributed by atoms with Gasteiger partial charge in [0, 0.05) is 16.9 Å². The number of benzene rings is 10. The molecule has 0 aliphatic heterocycles. The van der Waals surface area contributed by atoms with Gasteiger partial charge in [0.1, 0.15) is 0 Å². The van der Waals surface area contributed by atoms with Crippen LogP contribution in [0, 0.1) is 0 Å². The average molecular weight is 956 g/mol. The van der Waals surface area contributed by atoms with Gasteiger partial charge in [0.25, 0.3) is 0 Å². The first-order valence-corrected chi connectivity index (χ1v) is 27.3. The van der Waals surface area contributed by atoms with Crippen molar-refractivity contribution in [1.82, 2.24) is 0 Å². The molecule has 4 aliphatic carbocycles.